The van der Waals surface area contributed by atoms with Crippen LogP contribution in [0.4, 0.5) is 11.4 Å². The Hall–Kier alpha value is -3.23. The van der Waals surface area contributed by atoms with E-state index in [9.17, 15) is 13.2 Å². The van der Waals surface area contributed by atoms with Gasteiger partial charge in [0.05, 0.1) is 10.6 Å². The van der Waals surface area contributed by atoms with Gasteiger partial charge < -0.3 is 14.8 Å². The van der Waals surface area contributed by atoms with E-state index in [1.54, 1.807) is 54.6 Å². The fourth-order valence-corrected chi connectivity index (χ4v) is 5.55. The predicted molar refractivity (Wildman–Crippen MR) is 117 cm³/mol. The first-order valence-electron chi connectivity index (χ1n) is 9.55. The minimum Gasteiger partial charge on any atom is -0.486 e. The number of hydrogen-bond donors (Lipinski definition) is 1. The highest BCUT2D eigenvalue weighted by Gasteiger charge is 2.36. The molecule has 0 spiro atoms. The van der Waals surface area contributed by atoms with Crippen LogP contribution in [-0.2, 0) is 14.8 Å². The summed E-state index contributed by atoms with van der Waals surface area (Å²) >= 11 is 6.16. The number of benzene rings is 3. The summed E-state index contributed by atoms with van der Waals surface area (Å²) in [4.78, 5) is 12.9. The number of carbonyl (C=O) groups excluding carboxylic acids is 1. The molecule has 2 aliphatic heterocycles. The van der Waals surface area contributed by atoms with Crippen molar-refractivity contribution in [2.75, 3.05) is 29.4 Å². The Kier molecular flexibility index (Phi) is 4.75. The molecule has 0 bridgehead atoms. The molecule has 2 heterocycles. The minimum absolute atomic E-state index is 0.136. The van der Waals surface area contributed by atoms with Crippen LogP contribution < -0.4 is 19.1 Å². The number of ether oxygens (including phenoxy) is 2. The Balaban J connectivity index is 1.47. The molecule has 7 nitrogen and oxygen atoms in total. The van der Waals surface area contributed by atoms with Crippen molar-refractivity contribution in [3.8, 4) is 22.6 Å². The third-order valence-electron chi connectivity index (χ3n) is 5.09. The lowest BCUT2D eigenvalue weighted by molar-refractivity contribution is -0.114. The Labute approximate surface area is 184 Å². The molecule has 3 aromatic carbocycles. The van der Waals surface area contributed by atoms with Crippen molar-refractivity contribution >= 4 is 38.9 Å². The van der Waals surface area contributed by atoms with E-state index in [-0.39, 0.29) is 11.4 Å². The summed E-state index contributed by atoms with van der Waals surface area (Å²) in [5.41, 5.74) is 2.11. The zero-order valence-corrected chi connectivity index (χ0v) is 17.7. The summed E-state index contributed by atoms with van der Waals surface area (Å²) in [7, 11) is -3.93. The molecule has 5 rings (SSSR count). The zero-order valence-electron chi connectivity index (χ0n) is 16.2. The largest absolute Gasteiger partial charge is 0.486 e. The van der Waals surface area contributed by atoms with Crippen molar-refractivity contribution in [1.82, 2.24) is 0 Å². The summed E-state index contributed by atoms with van der Waals surface area (Å²) in [5, 5.41) is 3.22. The number of halogens is 1. The second-order valence-electron chi connectivity index (χ2n) is 7.08. The topological polar surface area (TPSA) is 84.9 Å². The number of amides is 1. The fourth-order valence-electron chi connectivity index (χ4n) is 3.73. The van der Waals surface area contributed by atoms with Crippen molar-refractivity contribution in [2.24, 2.45) is 0 Å². The molecular formula is C22H17ClN2O5S. The summed E-state index contributed by atoms with van der Waals surface area (Å²) in [6, 6.07) is 16.6. The van der Waals surface area contributed by atoms with Gasteiger partial charge in [-0.1, -0.05) is 29.8 Å². The highest BCUT2D eigenvalue weighted by atomic mass is 35.5. The quantitative estimate of drug-likeness (QED) is 0.645. The number of fused-ring (bicyclic) bond motifs is 4. The minimum atomic E-state index is -3.93. The number of anilines is 2. The van der Waals surface area contributed by atoms with Crippen molar-refractivity contribution in [3.63, 3.8) is 0 Å². The molecule has 0 saturated carbocycles. The van der Waals surface area contributed by atoms with Gasteiger partial charge in [0.2, 0.25) is 5.91 Å². The SMILES string of the molecule is O=C(CN1c2ccc(Cl)cc2-c2ccccc2S1(=O)=O)Nc1ccc2c(c1)OCCO2. The summed E-state index contributed by atoms with van der Waals surface area (Å²) in [5.74, 6) is 0.648. The Morgan fingerprint density at radius 1 is 0.968 bits per heavy atom. The van der Waals surface area contributed by atoms with Crippen molar-refractivity contribution < 1.29 is 22.7 Å². The highest BCUT2D eigenvalue weighted by molar-refractivity contribution is 7.93. The van der Waals surface area contributed by atoms with Gasteiger partial charge in [0.1, 0.15) is 19.8 Å². The monoisotopic (exact) mass is 456 g/mol. The van der Waals surface area contributed by atoms with Gasteiger partial charge >= 0.3 is 0 Å². The van der Waals surface area contributed by atoms with E-state index in [0.717, 1.165) is 4.31 Å². The first-order valence-corrected chi connectivity index (χ1v) is 11.4. The van der Waals surface area contributed by atoms with Crippen LogP contribution in [0.3, 0.4) is 0 Å². The molecule has 0 saturated heterocycles. The molecule has 0 unspecified atom stereocenters. The fraction of sp³-hybridized carbons (Fsp3) is 0.136. The zero-order chi connectivity index (χ0) is 21.6. The van der Waals surface area contributed by atoms with Gasteiger partial charge in [-0.2, -0.15) is 0 Å². The van der Waals surface area contributed by atoms with Gasteiger partial charge in [-0.05, 0) is 36.4 Å². The molecule has 2 aliphatic rings. The lowest BCUT2D eigenvalue weighted by Crippen LogP contribution is -2.40. The smallest absolute Gasteiger partial charge is 0.265 e. The van der Waals surface area contributed by atoms with Crippen molar-refractivity contribution in [2.45, 2.75) is 4.90 Å². The number of sulfonamides is 1. The van der Waals surface area contributed by atoms with Gasteiger partial charge in [-0.25, -0.2) is 8.42 Å². The van der Waals surface area contributed by atoms with E-state index < -0.39 is 15.9 Å². The molecule has 0 fully saturated rings. The van der Waals surface area contributed by atoms with Gasteiger partial charge in [-0.15, -0.1) is 0 Å². The number of hydrogen-bond acceptors (Lipinski definition) is 5. The normalized spacial score (nSPS) is 15.6. The Morgan fingerprint density at radius 2 is 1.74 bits per heavy atom. The average Bonchev–Trinajstić information content (AvgIpc) is 2.77. The lowest BCUT2D eigenvalue weighted by Gasteiger charge is -2.31. The van der Waals surface area contributed by atoms with Crippen LogP contribution in [0.2, 0.25) is 5.02 Å². The predicted octanol–water partition coefficient (Wildman–Crippen LogP) is 3.93. The molecule has 3 aromatic rings. The molecule has 158 valence electrons. The van der Waals surface area contributed by atoms with Gasteiger partial charge in [-0.3, -0.25) is 9.10 Å². The maximum absolute atomic E-state index is 13.3. The number of rotatable bonds is 3. The first-order chi connectivity index (χ1) is 14.9. The maximum Gasteiger partial charge on any atom is 0.265 e. The van der Waals surface area contributed by atoms with Crippen LogP contribution in [0.5, 0.6) is 11.5 Å². The molecule has 9 heteroatoms. The molecule has 31 heavy (non-hydrogen) atoms. The number of nitrogens with zero attached hydrogens (tertiary/aromatic N) is 1. The van der Waals surface area contributed by atoms with Crippen molar-refractivity contribution in [3.05, 3.63) is 65.7 Å². The van der Waals surface area contributed by atoms with E-state index in [4.69, 9.17) is 21.1 Å². The third kappa shape index (κ3) is 3.47. The summed E-state index contributed by atoms with van der Waals surface area (Å²) in [6.45, 7) is 0.505. The third-order valence-corrected chi connectivity index (χ3v) is 7.14. The van der Waals surface area contributed by atoms with E-state index in [2.05, 4.69) is 5.32 Å². The van der Waals surface area contributed by atoms with Crippen LogP contribution in [-0.4, -0.2) is 34.1 Å². The molecule has 1 N–H and O–H groups in total. The first kappa shape index (κ1) is 19.7. The summed E-state index contributed by atoms with van der Waals surface area (Å²) < 4.78 is 38.7. The van der Waals surface area contributed by atoms with Gasteiger partial charge in [0.25, 0.3) is 10.0 Å². The van der Waals surface area contributed by atoms with Gasteiger partial charge in [0.15, 0.2) is 11.5 Å². The van der Waals surface area contributed by atoms with Crippen LogP contribution in [0.15, 0.2) is 65.6 Å². The van der Waals surface area contributed by atoms with E-state index in [1.165, 1.54) is 6.07 Å². The van der Waals surface area contributed by atoms with Gasteiger partial charge in [0, 0.05) is 27.9 Å². The number of nitrogens with one attached hydrogen (secondary N) is 1. The average molecular weight is 457 g/mol. The molecular weight excluding hydrogens is 440 g/mol. The van der Waals surface area contributed by atoms with E-state index in [1.807, 2.05) is 0 Å². The second-order valence-corrected chi connectivity index (χ2v) is 9.34. The Bertz CT molecular complexity index is 1310. The molecule has 0 radical (unpaired) electrons. The lowest BCUT2D eigenvalue weighted by atomic mass is 10.0. The Morgan fingerprint density at radius 3 is 2.58 bits per heavy atom. The van der Waals surface area contributed by atoms with Crippen molar-refractivity contribution in [1.29, 1.82) is 0 Å². The number of carbonyl (C=O) groups is 1. The standard InChI is InChI=1S/C22H17ClN2O5S/c23-14-5-7-18-17(11-14)16-3-1-2-4-21(16)31(27,28)25(18)13-22(26)24-15-6-8-19-20(12-15)30-10-9-29-19/h1-8,11-12H,9-10,13H2,(H,24,26). The second kappa shape index (κ2) is 7.47. The van der Waals surface area contributed by atoms with Crippen LogP contribution in [0, 0.1) is 0 Å². The van der Waals surface area contributed by atoms with Crippen LogP contribution in [0.25, 0.3) is 11.1 Å². The van der Waals surface area contributed by atoms with E-state index in [0.29, 0.717) is 52.2 Å². The van der Waals surface area contributed by atoms with E-state index >= 15 is 0 Å². The van der Waals surface area contributed by atoms with Crippen LogP contribution >= 0.6 is 11.6 Å². The molecule has 0 atom stereocenters. The highest BCUT2D eigenvalue weighted by Crippen LogP contribution is 2.43. The maximum atomic E-state index is 13.3. The summed E-state index contributed by atoms with van der Waals surface area (Å²) in [6.07, 6.45) is 0. The molecule has 1 amide bonds. The van der Waals surface area contributed by atoms with Crippen LogP contribution in [0.1, 0.15) is 0 Å². The molecule has 0 aliphatic carbocycles. The molecule has 0 aromatic heterocycles.